The van der Waals surface area contributed by atoms with Gasteiger partial charge in [0.2, 0.25) is 0 Å². The Labute approximate surface area is 134 Å². The molecule has 0 saturated carbocycles. The first kappa shape index (κ1) is 15.9. The number of nitrogens with one attached hydrogen (secondary N) is 1. The van der Waals surface area contributed by atoms with E-state index in [0.29, 0.717) is 5.75 Å². The van der Waals surface area contributed by atoms with E-state index >= 15 is 0 Å². The molecule has 3 nitrogen and oxygen atoms in total. The Morgan fingerprint density at radius 2 is 1.71 bits per heavy atom. The van der Waals surface area contributed by atoms with Crippen LogP contribution in [0.15, 0.2) is 46.9 Å². The number of phenols is 1. The Hall–Kier alpha value is -1.52. The topological polar surface area (TPSA) is 41.5 Å². The fraction of sp³-hybridized carbons (Fsp3) is 0.294. The Bertz CT molecular complexity index is 615. The molecule has 4 heteroatoms. The van der Waals surface area contributed by atoms with E-state index in [1.807, 2.05) is 24.3 Å². The predicted molar refractivity (Wildman–Crippen MR) is 88.8 cm³/mol. The quantitative estimate of drug-likeness (QED) is 0.830. The Balaban J connectivity index is 2.12. The van der Waals surface area contributed by atoms with E-state index in [0.717, 1.165) is 10.0 Å². The van der Waals surface area contributed by atoms with E-state index in [1.54, 1.807) is 13.2 Å². The van der Waals surface area contributed by atoms with Crippen LogP contribution in [-0.2, 0) is 0 Å². The van der Waals surface area contributed by atoms with E-state index in [-0.39, 0.29) is 17.8 Å². The summed E-state index contributed by atoms with van der Waals surface area (Å²) in [6.45, 7) is 4.23. The van der Waals surface area contributed by atoms with Crippen LogP contribution in [-0.4, -0.2) is 12.2 Å². The summed E-state index contributed by atoms with van der Waals surface area (Å²) in [4.78, 5) is 0. The molecule has 0 heterocycles. The number of rotatable bonds is 5. The lowest BCUT2D eigenvalue weighted by molar-refractivity contribution is 0.371. The number of phenolic OH excluding ortho intramolecular Hbond substituents is 1. The molecule has 0 bridgehead atoms. The lowest BCUT2D eigenvalue weighted by atomic mass is 10.0. The third-order valence-electron chi connectivity index (χ3n) is 3.55. The van der Waals surface area contributed by atoms with Crippen molar-refractivity contribution >= 4 is 15.9 Å². The summed E-state index contributed by atoms with van der Waals surface area (Å²) >= 11 is 3.50. The molecule has 0 aliphatic carbocycles. The van der Waals surface area contributed by atoms with Gasteiger partial charge in [0.15, 0.2) is 11.5 Å². The molecule has 112 valence electrons. The Morgan fingerprint density at radius 3 is 2.33 bits per heavy atom. The fourth-order valence-electron chi connectivity index (χ4n) is 2.31. The van der Waals surface area contributed by atoms with Crippen molar-refractivity contribution in [3.05, 3.63) is 58.1 Å². The van der Waals surface area contributed by atoms with Gasteiger partial charge in [-0.05, 0) is 49.2 Å². The van der Waals surface area contributed by atoms with Crippen molar-refractivity contribution in [1.82, 2.24) is 5.32 Å². The van der Waals surface area contributed by atoms with Crippen LogP contribution in [0.25, 0.3) is 0 Å². The zero-order chi connectivity index (χ0) is 15.4. The normalized spacial score (nSPS) is 13.7. The summed E-state index contributed by atoms with van der Waals surface area (Å²) in [6.07, 6.45) is 0. The highest BCUT2D eigenvalue weighted by atomic mass is 79.9. The third-order valence-corrected chi connectivity index (χ3v) is 4.05. The van der Waals surface area contributed by atoms with Gasteiger partial charge in [-0.15, -0.1) is 0 Å². The van der Waals surface area contributed by atoms with Crippen molar-refractivity contribution in [2.75, 3.05) is 7.11 Å². The monoisotopic (exact) mass is 349 g/mol. The van der Waals surface area contributed by atoms with Gasteiger partial charge in [-0.2, -0.15) is 0 Å². The molecule has 2 aromatic carbocycles. The van der Waals surface area contributed by atoms with E-state index in [2.05, 4.69) is 47.2 Å². The van der Waals surface area contributed by atoms with Gasteiger partial charge in [0.25, 0.3) is 0 Å². The van der Waals surface area contributed by atoms with Crippen LogP contribution in [0.5, 0.6) is 11.5 Å². The molecule has 0 aliphatic heterocycles. The maximum atomic E-state index is 9.66. The van der Waals surface area contributed by atoms with Crippen molar-refractivity contribution in [2.24, 2.45) is 0 Å². The van der Waals surface area contributed by atoms with Crippen molar-refractivity contribution in [2.45, 2.75) is 25.9 Å². The number of halogens is 1. The van der Waals surface area contributed by atoms with Gasteiger partial charge >= 0.3 is 0 Å². The molecule has 2 N–H and O–H groups in total. The molecule has 21 heavy (non-hydrogen) atoms. The number of methoxy groups -OCH3 is 1. The zero-order valence-corrected chi connectivity index (χ0v) is 14.0. The molecule has 0 aromatic heterocycles. The zero-order valence-electron chi connectivity index (χ0n) is 12.4. The molecule has 0 fully saturated rings. The minimum atomic E-state index is 0.147. The van der Waals surface area contributed by atoms with Crippen molar-refractivity contribution in [1.29, 1.82) is 0 Å². The van der Waals surface area contributed by atoms with Gasteiger partial charge in [0.05, 0.1) is 7.11 Å². The largest absolute Gasteiger partial charge is 0.504 e. The molecule has 0 spiro atoms. The molecule has 2 unspecified atom stereocenters. The highest BCUT2D eigenvalue weighted by molar-refractivity contribution is 9.10. The van der Waals surface area contributed by atoms with Crippen LogP contribution >= 0.6 is 15.9 Å². The Kier molecular flexibility index (Phi) is 5.26. The number of hydrogen-bond donors (Lipinski definition) is 2. The number of ether oxygens (including phenoxy) is 1. The fourth-order valence-corrected chi connectivity index (χ4v) is 2.72. The molecule has 0 aliphatic rings. The van der Waals surface area contributed by atoms with Crippen molar-refractivity contribution < 1.29 is 9.84 Å². The second-order valence-electron chi connectivity index (χ2n) is 5.10. The molecular weight excluding hydrogens is 330 g/mol. The molecule has 2 atom stereocenters. The number of hydrogen-bond acceptors (Lipinski definition) is 3. The molecule has 2 rings (SSSR count). The van der Waals surface area contributed by atoms with E-state index in [4.69, 9.17) is 4.74 Å². The smallest absolute Gasteiger partial charge is 0.160 e. The van der Waals surface area contributed by atoms with Gasteiger partial charge in [0.1, 0.15) is 0 Å². The van der Waals surface area contributed by atoms with E-state index in [9.17, 15) is 5.11 Å². The Morgan fingerprint density at radius 1 is 1.05 bits per heavy atom. The third kappa shape index (κ3) is 3.99. The highest BCUT2D eigenvalue weighted by Crippen LogP contribution is 2.30. The number of benzene rings is 2. The van der Waals surface area contributed by atoms with Crippen LogP contribution in [0.2, 0.25) is 0 Å². The molecule has 0 radical (unpaired) electrons. The van der Waals surface area contributed by atoms with E-state index < -0.39 is 0 Å². The van der Waals surface area contributed by atoms with Crippen molar-refractivity contribution in [3.63, 3.8) is 0 Å². The first-order valence-electron chi connectivity index (χ1n) is 6.89. The average Bonchev–Trinajstić information content (AvgIpc) is 2.47. The second kappa shape index (κ2) is 6.96. The van der Waals surface area contributed by atoms with Crippen LogP contribution in [0.4, 0.5) is 0 Å². The average molecular weight is 350 g/mol. The van der Waals surface area contributed by atoms with Gasteiger partial charge in [0, 0.05) is 16.6 Å². The maximum absolute atomic E-state index is 9.66. The minimum absolute atomic E-state index is 0.147. The van der Waals surface area contributed by atoms with Gasteiger partial charge in [-0.3, -0.25) is 0 Å². The lowest BCUT2D eigenvalue weighted by Crippen LogP contribution is -2.22. The van der Waals surface area contributed by atoms with Gasteiger partial charge in [-0.1, -0.05) is 34.1 Å². The first-order valence-corrected chi connectivity index (χ1v) is 7.69. The number of aromatic hydroxyl groups is 1. The van der Waals surface area contributed by atoms with Gasteiger partial charge in [-0.25, -0.2) is 0 Å². The summed E-state index contributed by atoms with van der Waals surface area (Å²) in [7, 11) is 1.56. The van der Waals surface area contributed by atoms with E-state index in [1.165, 1.54) is 5.56 Å². The predicted octanol–water partition coefficient (Wildman–Crippen LogP) is 4.58. The summed E-state index contributed by atoms with van der Waals surface area (Å²) in [6, 6.07) is 14.1. The first-order chi connectivity index (χ1) is 10.0. The van der Waals surface area contributed by atoms with Crippen LogP contribution in [0.3, 0.4) is 0 Å². The lowest BCUT2D eigenvalue weighted by Gasteiger charge is -2.21. The molecule has 0 saturated heterocycles. The SMILES string of the molecule is COc1cc(C(C)NC(C)c2cccc(Br)c2)ccc1O. The van der Waals surface area contributed by atoms with Crippen molar-refractivity contribution in [3.8, 4) is 11.5 Å². The summed E-state index contributed by atoms with van der Waals surface area (Å²) in [5.41, 5.74) is 2.30. The highest BCUT2D eigenvalue weighted by Gasteiger charge is 2.13. The molecular formula is C17H20BrNO2. The molecule has 0 amide bonds. The van der Waals surface area contributed by atoms with Crippen LogP contribution in [0, 0.1) is 0 Å². The minimum Gasteiger partial charge on any atom is -0.504 e. The summed E-state index contributed by atoms with van der Waals surface area (Å²) in [5.74, 6) is 0.657. The summed E-state index contributed by atoms with van der Waals surface area (Å²) < 4.78 is 6.23. The van der Waals surface area contributed by atoms with Crippen LogP contribution < -0.4 is 10.1 Å². The standard InChI is InChI=1S/C17H20BrNO2/c1-11(13-5-4-6-15(18)9-13)19-12(2)14-7-8-16(20)17(10-14)21-3/h4-12,19-20H,1-3H3. The van der Waals surface area contributed by atoms with Crippen LogP contribution in [0.1, 0.15) is 37.1 Å². The van der Waals surface area contributed by atoms with Gasteiger partial charge < -0.3 is 15.2 Å². The second-order valence-corrected chi connectivity index (χ2v) is 6.01. The maximum Gasteiger partial charge on any atom is 0.160 e. The molecule has 2 aromatic rings. The summed E-state index contributed by atoms with van der Waals surface area (Å²) in [5, 5.41) is 13.2.